The number of nitrogens with zero attached hydrogens (tertiary/aromatic N) is 1. The van der Waals surface area contributed by atoms with Crippen molar-refractivity contribution in [3.8, 4) is 11.5 Å². The minimum Gasteiger partial charge on any atom is -0.490 e. The Morgan fingerprint density at radius 1 is 1.06 bits per heavy atom. The highest BCUT2D eigenvalue weighted by molar-refractivity contribution is 14.1. The maximum absolute atomic E-state index is 14.0. The molecule has 0 amide bonds. The molecule has 0 aliphatic carbocycles. The van der Waals surface area contributed by atoms with E-state index in [-0.39, 0.29) is 29.6 Å². The van der Waals surface area contributed by atoms with E-state index in [4.69, 9.17) is 14.2 Å². The average Bonchev–Trinajstić information content (AvgIpc) is 3.13. The molecule has 33 heavy (non-hydrogen) atoms. The van der Waals surface area contributed by atoms with Crippen molar-refractivity contribution in [2.45, 2.75) is 13.5 Å². The summed E-state index contributed by atoms with van der Waals surface area (Å²) in [6.07, 6.45) is 1.54. The van der Waals surface area contributed by atoms with E-state index in [0.29, 0.717) is 29.2 Å². The number of rotatable bonds is 7. The van der Waals surface area contributed by atoms with Crippen LogP contribution >= 0.6 is 22.6 Å². The van der Waals surface area contributed by atoms with Crippen molar-refractivity contribution in [1.82, 2.24) is 0 Å². The summed E-state index contributed by atoms with van der Waals surface area (Å²) in [4.78, 5) is 16.5. The number of ether oxygens (including phenoxy) is 3. The molecule has 5 nitrogen and oxygen atoms in total. The molecule has 168 valence electrons. The smallest absolute Gasteiger partial charge is 0.363 e. The highest BCUT2D eigenvalue weighted by atomic mass is 127. The van der Waals surface area contributed by atoms with Crippen molar-refractivity contribution >= 4 is 40.5 Å². The summed E-state index contributed by atoms with van der Waals surface area (Å²) in [6, 6.07) is 15.6. The molecule has 1 aliphatic rings. The molecular formula is C25H18F2INO4. The van der Waals surface area contributed by atoms with Gasteiger partial charge in [0.05, 0.1) is 15.7 Å². The molecule has 0 fully saturated rings. The molecule has 3 aromatic rings. The lowest BCUT2D eigenvalue weighted by Crippen LogP contribution is -2.07. The van der Waals surface area contributed by atoms with Gasteiger partial charge in [0.15, 0.2) is 17.2 Å². The van der Waals surface area contributed by atoms with Crippen LogP contribution in [0.15, 0.2) is 71.4 Å². The van der Waals surface area contributed by atoms with Gasteiger partial charge in [-0.2, -0.15) is 0 Å². The summed E-state index contributed by atoms with van der Waals surface area (Å²) in [5, 5.41) is 0. The van der Waals surface area contributed by atoms with E-state index in [0.717, 1.165) is 3.57 Å². The van der Waals surface area contributed by atoms with Crippen LogP contribution in [0.2, 0.25) is 0 Å². The summed E-state index contributed by atoms with van der Waals surface area (Å²) < 4.78 is 45.0. The van der Waals surface area contributed by atoms with Crippen molar-refractivity contribution in [3.05, 3.63) is 98.3 Å². The number of carbonyl (C=O) groups excluding carboxylic acids is 1. The number of hydrogen-bond donors (Lipinski definition) is 0. The van der Waals surface area contributed by atoms with Crippen molar-refractivity contribution in [2.24, 2.45) is 4.99 Å². The largest absolute Gasteiger partial charge is 0.490 e. The van der Waals surface area contributed by atoms with Crippen molar-refractivity contribution in [1.29, 1.82) is 0 Å². The van der Waals surface area contributed by atoms with Crippen LogP contribution in [0.5, 0.6) is 11.5 Å². The van der Waals surface area contributed by atoms with Crippen molar-refractivity contribution < 1.29 is 27.8 Å². The first kappa shape index (κ1) is 22.9. The zero-order valence-electron chi connectivity index (χ0n) is 17.5. The first-order valence-electron chi connectivity index (χ1n) is 10.1. The van der Waals surface area contributed by atoms with Crippen LogP contribution in [0.1, 0.15) is 23.6 Å². The fourth-order valence-electron chi connectivity index (χ4n) is 3.17. The molecule has 0 radical (unpaired) electrons. The molecule has 0 saturated heterocycles. The van der Waals surface area contributed by atoms with E-state index in [9.17, 15) is 13.6 Å². The molecule has 1 heterocycles. The Morgan fingerprint density at radius 2 is 1.88 bits per heavy atom. The third kappa shape index (κ3) is 5.39. The predicted octanol–water partition coefficient (Wildman–Crippen LogP) is 5.89. The van der Waals surface area contributed by atoms with E-state index in [1.165, 1.54) is 30.3 Å². The number of aliphatic imine (C=N–C) groups is 1. The summed E-state index contributed by atoms with van der Waals surface area (Å²) in [6.45, 7) is 2.40. The van der Waals surface area contributed by atoms with Gasteiger partial charge in [0.1, 0.15) is 18.2 Å². The number of hydrogen-bond acceptors (Lipinski definition) is 5. The first-order chi connectivity index (χ1) is 15.9. The Labute approximate surface area is 202 Å². The Balaban J connectivity index is 1.62. The number of esters is 1. The molecule has 0 saturated carbocycles. The van der Waals surface area contributed by atoms with Crippen LogP contribution in [0.3, 0.4) is 0 Å². The van der Waals surface area contributed by atoms with Gasteiger partial charge in [0.25, 0.3) is 0 Å². The topological polar surface area (TPSA) is 57.1 Å². The van der Waals surface area contributed by atoms with Crippen LogP contribution in [-0.2, 0) is 16.1 Å². The highest BCUT2D eigenvalue weighted by Gasteiger charge is 2.26. The zero-order valence-corrected chi connectivity index (χ0v) is 19.6. The second kappa shape index (κ2) is 10.1. The van der Waals surface area contributed by atoms with Crippen molar-refractivity contribution in [2.75, 3.05) is 6.61 Å². The molecule has 0 atom stereocenters. The van der Waals surface area contributed by atoms with Gasteiger partial charge in [-0.1, -0.05) is 24.3 Å². The maximum atomic E-state index is 14.0. The molecule has 1 aliphatic heterocycles. The van der Waals surface area contributed by atoms with E-state index < -0.39 is 11.8 Å². The fourth-order valence-corrected chi connectivity index (χ4v) is 3.95. The van der Waals surface area contributed by atoms with Crippen molar-refractivity contribution in [3.63, 3.8) is 0 Å². The first-order valence-corrected chi connectivity index (χ1v) is 11.1. The van der Waals surface area contributed by atoms with Gasteiger partial charge in [-0.25, -0.2) is 18.6 Å². The summed E-state index contributed by atoms with van der Waals surface area (Å²) in [5.74, 6) is -0.646. The Morgan fingerprint density at radius 3 is 2.64 bits per heavy atom. The number of halogens is 3. The summed E-state index contributed by atoms with van der Waals surface area (Å²) in [7, 11) is 0. The lowest BCUT2D eigenvalue weighted by atomic mass is 10.1. The number of benzene rings is 3. The van der Waals surface area contributed by atoms with Gasteiger partial charge >= 0.3 is 5.97 Å². The normalized spacial score (nSPS) is 14.2. The lowest BCUT2D eigenvalue weighted by molar-refractivity contribution is -0.129. The maximum Gasteiger partial charge on any atom is 0.363 e. The summed E-state index contributed by atoms with van der Waals surface area (Å²) in [5.41, 5.74) is 1.47. The number of cyclic esters (lactones) is 1. The van der Waals surface area contributed by atoms with E-state index in [2.05, 4.69) is 27.6 Å². The second-order valence-electron chi connectivity index (χ2n) is 7.00. The molecular weight excluding hydrogens is 543 g/mol. The molecule has 0 aromatic heterocycles. The minimum atomic E-state index is -0.673. The van der Waals surface area contributed by atoms with Gasteiger partial charge in [-0.15, -0.1) is 0 Å². The van der Waals surface area contributed by atoms with Crippen LogP contribution in [0.4, 0.5) is 8.78 Å². The van der Waals surface area contributed by atoms with Gasteiger partial charge in [-0.3, -0.25) is 0 Å². The zero-order chi connectivity index (χ0) is 23.4. The summed E-state index contributed by atoms with van der Waals surface area (Å²) >= 11 is 2.10. The third-order valence-electron chi connectivity index (χ3n) is 4.63. The van der Waals surface area contributed by atoms with E-state index in [1.807, 2.05) is 6.92 Å². The van der Waals surface area contributed by atoms with Gasteiger partial charge in [0, 0.05) is 0 Å². The molecule has 4 rings (SSSR count). The number of carbonyl (C=O) groups is 1. The van der Waals surface area contributed by atoms with Crippen LogP contribution in [-0.4, -0.2) is 18.5 Å². The lowest BCUT2D eigenvalue weighted by Gasteiger charge is -2.15. The van der Waals surface area contributed by atoms with E-state index >= 15 is 0 Å². The van der Waals surface area contributed by atoms with Crippen LogP contribution in [0, 0.1) is 15.2 Å². The molecule has 0 bridgehead atoms. The quantitative estimate of drug-likeness (QED) is 0.205. The average molecular weight is 561 g/mol. The second-order valence-corrected chi connectivity index (χ2v) is 8.16. The van der Waals surface area contributed by atoms with Gasteiger partial charge < -0.3 is 14.2 Å². The molecule has 0 N–H and O–H groups in total. The standard InChI is InChI=1S/C25H18F2INO4/c1-2-31-22-13-16(11-20(28)23(22)32-14-15-6-5-7-17(26)10-15)12-21-25(30)33-24(29-21)18-8-3-4-9-19(18)27/h3-13H,2,14H2,1H3/b21-12-. The Hall–Kier alpha value is -3.27. The Kier molecular flexibility index (Phi) is 7.02. The monoisotopic (exact) mass is 561 g/mol. The molecule has 0 unspecified atom stereocenters. The minimum absolute atomic E-state index is 0.0416. The molecule has 8 heteroatoms. The molecule has 0 spiro atoms. The Bertz CT molecular complexity index is 1270. The highest BCUT2D eigenvalue weighted by Crippen LogP contribution is 2.36. The molecule has 3 aromatic carbocycles. The SMILES string of the molecule is CCOc1cc(/C=C2\N=C(c3ccccc3F)OC2=O)cc(I)c1OCc1cccc(F)c1. The fraction of sp³-hybridized carbons (Fsp3) is 0.120. The predicted molar refractivity (Wildman–Crippen MR) is 128 cm³/mol. The van der Waals surface area contributed by atoms with Crippen LogP contribution < -0.4 is 9.47 Å². The van der Waals surface area contributed by atoms with E-state index in [1.54, 1.807) is 36.4 Å². The van der Waals surface area contributed by atoms with Crippen LogP contribution in [0.25, 0.3) is 6.08 Å². The van der Waals surface area contributed by atoms with Gasteiger partial charge in [0.2, 0.25) is 5.90 Å². The third-order valence-corrected chi connectivity index (χ3v) is 5.43. The van der Waals surface area contributed by atoms with Gasteiger partial charge in [-0.05, 0) is 83.1 Å².